The summed E-state index contributed by atoms with van der Waals surface area (Å²) < 4.78 is 12.0. The van der Waals surface area contributed by atoms with Crippen molar-refractivity contribution in [2.45, 2.75) is 58.7 Å². The van der Waals surface area contributed by atoms with Crippen LogP contribution in [0, 0.1) is 5.92 Å². The van der Waals surface area contributed by atoms with E-state index in [2.05, 4.69) is 51.1 Å². The van der Waals surface area contributed by atoms with Crippen molar-refractivity contribution in [2.75, 3.05) is 13.2 Å². The van der Waals surface area contributed by atoms with Gasteiger partial charge in [0, 0.05) is 12.0 Å². The fourth-order valence-electron chi connectivity index (χ4n) is 3.09. The van der Waals surface area contributed by atoms with Gasteiger partial charge in [0.25, 0.3) is 0 Å². The number of rotatable bonds is 8. The van der Waals surface area contributed by atoms with Gasteiger partial charge in [-0.2, -0.15) is 0 Å². The third kappa shape index (κ3) is 4.96. The van der Waals surface area contributed by atoms with E-state index in [-0.39, 0.29) is 0 Å². The van der Waals surface area contributed by atoms with Gasteiger partial charge in [-0.1, -0.05) is 55.3 Å². The van der Waals surface area contributed by atoms with Crippen LogP contribution in [-0.4, -0.2) is 13.2 Å². The molecule has 0 saturated carbocycles. The average Bonchev–Trinajstić information content (AvgIpc) is 2.98. The Morgan fingerprint density at radius 2 is 1.82 bits per heavy atom. The molecule has 1 aliphatic rings. The van der Waals surface area contributed by atoms with Crippen molar-refractivity contribution in [3.63, 3.8) is 0 Å². The largest absolute Gasteiger partial charge is 0.343 e. The van der Waals surface area contributed by atoms with E-state index >= 15 is 0 Å². The van der Waals surface area contributed by atoms with E-state index in [0.717, 1.165) is 24.3 Å². The second-order valence-corrected chi connectivity index (χ2v) is 6.67. The standard InChI is InChI=1S/C20H30O2/c1-17(2)9-7-10-18(3)11-8-14-20(21-15-16-22-20)19-12-5-4-6-13-19/h4-6,9,12-13,18H,7-8,10-11,14-16H2,1-3H3. The fraction of sp³-hybridized carbons (Fsp3) is 0.600. The van der Waals surface area contributed by atoms with Crippen molar-refractivity contribution in [1.82, 2.24) is 0 Å². The summed E-state index contributed by atoms with van der Waals surface area (Å²) in [7, 11) is 0. The van der Waals surface area contributed by atoms with Crippen molar-refractivity contribution in [1.29, 1.82) is 0 Å². The summed E-state index contributed by atoms with van der Waals surface area (Å²) in [6.45, 7) is 8.09. The second kappa shape index (κ2) is 8.50. The SMILES string of the molecule is CC(C)=CCCC(C)CCCC1(c2ccccc2)OCCO1. The van der Waals surface area contributed by atoms with Crippen molar-refractivity contribution in [3.8, 4) is 0 Å². The van der Waals surface area contributed by atoms with E-state index in [1.807, 2.05) is 6.07 Å². The first-order chi connectivity index (χ1) is 10.6. The van der Waals surface area contributed by atoms with Gasteiger partial charge in [-0.3, -0.25) is 0 Å². The molecule has 0 amide bonds. The fourth-order valence-corrected chi connectivity index (χ4v) is 3.09. The highest BCUT2D eigenvalue weighted by atomic mass is 16.7. The molecule has 122 valence electrons. The van der Waals surface area contributed by atoms with Crippen molar-refractivity contribution < 1.29 is 9.47 Å². The van der Waals surface area contributed by atoms with Crippen LogP contribution >= 0.6 is 0 Å². The molecule has 0 aliphatic carbocycles. The Bertz CT molecular complexity index is 454. The number of benzene rings is 1. The van der Waals surface area contributed by atoms with Crippen molar-refractivity contribution in [3.05, 3.63) is 47.5 Å². The zero-order chi connectivity index (χ0) is 15.8. The normalized spacial score (nSPS) is 18.1. The van der Waals surface area contributed by atoms with E-state index in [9.17, 15) is 0 Å². The smallest absolute Gasteiger partial charge is 0.194 e. The molecular weight excluding hydrogens is 272 g/mol. The van der Waals surface area contributed by atoms with Gasteiger partial charge in [0.15, 0.2) is 5.79 Å². The molecule has 0 N–H and O–H groups in total. The van der Waals surface area contributed by atoms with Gasteiger partial charge >= 0.3 is 0 Å². The molecule has 22 heavy (non-hydrogen) atoms. The maximum atomic E-state index is 5.99. The molecule has 1 aromatic rings. The molecule has 1 saturated heterocycles. The summed E-state index contributed by atoms with van der Waals surface area (Å²) in [5.41, 5.74) is 2.58. The lowest BCUT2D eigenvalue weighted by Gasteiger charge is -2.28. The van der Waals surface area contributed by atoms with E-state index < -0.39 is 5.79 Å². The molecule has 0 spiro atoms. The highest BCUT2D eigenvalue weighted by Gasteiger charge is 2.37. The summed E-state index contributed by atoms with van der Waals surface area (Å²) in [5.74, 6) is 0.255. The molecule has 1 fully saturated rings. The minimum Gasteiger partial charge on any atom is -0.343 e. The lowest BCUT2D eigenvalue weighted by Crippen LogP contribution is -2.27. The monoisotopic (exact) mass is 302 g/mol. The van der Waals surface area contributed by atoms with E-state index in [1.165, 1.54) is 24.8 Å². The Morgan fingerprint density at radius 3 is 2.45 bits per heavy atom. The zero-order valence-electron chi connectivity index (χ0n) is 14.3. The molecule has 0 aromatic heterocycles. The third-order valence-electron chi connectivity index (χ3n) is 4.38. The topological polar surface area (TPSA) is 18.5 Å². The van der Waals surface area contributed by atoms with Crippen LogP contribution in [0.4, 0.5) is 0 Å². The van der Waals surface area contributed by atoms with Gasteiger partial charge in [0.05, 0.1) is 13.2 Å². The molecule has 1 heterocycles. The molecule has 1 atom stereocenters. The lowest BCUT2D eigenvalue weighted by atomic mass is 9.94. The molecular formula is C20H30O2. The molecule has 1 aromatic carbocycles. The predicted molar refractivity (Wildman–Crippen MR) is 91.7 cm³/mol. The summed E-state index contributed by atoms with van der Waals surface area (Å²) in [6, 6.07) is 10.4. The Morgan fingerprint density at radius 1 is 1.14 bits per heavy atom. The maximum absolute atomic E-state index is 5.99. The van der Waals surface area contributed by atoms with Crippen LogP contribution in [0.25, 0.3) is 0 Å². The molecule has 0 bridgehead atoms. The Labute approximate surface area is 135 Å². The number of hydrogen-bond donors (Lipinski definition) is 0. The molecule has 2 rings (SSSR count). The number of ether oxygens (including phenoxy) is 2. The van der Waals surface area contributed by atoms with Crippen LogP contribution in [0.5, 0.6) is 0 Å². The highest BCUT2D eigenvalue weighted by Crippen LogP contribution is 2.36. The van der Waals surface area contributed by atoms with Crippen LogP contribution in [-0.2, 0) is 15.3 Å². The second-order valence-electron chi connectivity index (χ2n) is 6.67. The minimum absolute atomic E-state index is 0.499. The number of allylic oxidation sites excluding steroid dienone is 2. The maximum Gasteiger partial charge on any atom is 0.194 e. The zero-order valence-corrected chi connectivity index (χ0v) is 14.3. The van der Waals surface area contributed by atoms with Gasteiger partial charge in [-0.25, -0.2) is 0 Å². The highest BCUT2D eigenvalue weighted by molar-refractivity contribution is 5.20. The predicted octanol–water partition coefficient (Wildman–Crippen LogP) is 5.44. The van der Waals surface area contributed by atoms with Crippen molar-refractivity contribution in [2.24, 2.45) is 5.92 Å². The first-order valence-electron chi connectivity index (χ1n) is 8.59. The van der Waals surface area contributed by atoms with E-state index in [1.54, 1.807) is 0 Å². The molecule has 1 unspecified atom stereocenters. The minimum atomic E-state index is -0.499. The van der Waals surface area contributed by atoms with Crippen LogP contribution in [0.1, 0.15) is 58.4 Å². The molecule has 1 aliphatic heterocycles. The summed E-state index contributed by atoms with van der Waals surface area (Å²) in [4.78, 5) is 0. The van der Waals surface area contributed by atoms with Gasteiger partial charge in [-0.05, 0) is 39.0 Å². The van der Waals surface area contributed by atoms with Gasteiger partial charge < -0.3 is 9.47 Å². The molecule has 0 radical (unpaired) electrons. The Hall–Kier alpha value is -1.12. The summed E-state index contributed by atoms with van der Waals surface area (Å²) >= 11 is 0. The number of hydrogen-bond acceptors (Lipinski definition) is 2. The van der Waals surface area contributed by atoms with E-state index in [0.29, 0.717) is 13.2 Å². The summed E-state index contributed by atoms with van der Waals surface area (Å²) in [5, 5.41) is 0. The van der Waals surface area contributed by atoms with Gasteiger partial charge in [0.2, 0.25) is 0 Å². The van der Waals surface area contributed by atoms with Gasteiger partial charge in [0.1, 0.15) is 0 Å². The van der Waals surface area contributed by atoms with E-state index in [4.69, 9.17) is 9.47 Å². The average molecular weight is 302 g/mol. The van der Waals surface area contributed by atoms with Crippen LogP contribution in [0.3, 0.4) is 0 Å². The third-order valence-corrected chi connectivity index (χ3v) is 4.38. The van der Waals surface area contributed by atoms with Crippen LogP contribution in [0.15, 0.2) is 42.0 Å². The first-order valence-corrected chi connectivity index (χ1v) is 8.59. The van der Waals surface area contributed by atoms with Crippen molar-refractivity contribution >= 4 is 0 Å². The quantitative estimate of drug-likeness (QED) is 0.595. The summed E-state index contributed by atoms with van der Waals surface area (Å²) in [6.07, 6.45) is 8.13. The lowest BCUT2D eigenvalue weighted by molar-refractivity contribution is -0.172. The molecule has 2 nitrogen and oxygen atoms in total. The Kier molecular flexibility index (Phi) is 6.66. The Balaban J connectivity index is 1.82. The molecule has 2 heteroatoms. The first kappa shape index (κ1) is 17.2. The van der Waals surface area contributed by atoms with Gasteiger partial charge in [-0.15, -0.1) is 0 Å². The van der Waals surface area contributed by atoms with Crippen LogP contribution in [0.2, 0.25) is 0 Å². The van der Waals surface area contributed by atoms with Crippen LogP contribution < -0.4 is 0 Å².